The van der Waals surface area contributed by atoms with Crippen LogP contribution in [0.25, 0.3) is 0 Å². The highest BCUT2D eigenvalue weighted by Crippen LogP contribution is 2.32. The van der Waals surface area contributed by atoms with Crippen molar-refractivity contribution in [3.8, 4) is 17.2 Å². The minimum atomic E-state index is -0.203. The van der Waals surface area contributed by atoms with E-state index in [1.54, 1.807) is 18.4 Å². The molecule has 1 heterocycles. The maximum Gasteiger partial charge on any atom is 0.240 e. The smallest absolute Gasteiger partial charge is 0.240 e. The van der Waals surface area contributed by atoms with Crippen LogP contribution in [-0.2, 0) is 9.47 Å². The molecule has 0 N–H and O–H groups in total. The van der Waals surface area contributed by atoms with Gasteiger partial charge in [0.1, 0.15) is 30.1 Å². The average Bonchev–Trinajstić information content (AvgIpc) is 3.03. The van der Waals surface area contributed by atoms with E-state index in [2.05, 4.69) is 6.92 Å². The summed E-state index contributed by atoms with van der Waals surface area (Å²) in [5.74, 6) is 2.64. The minimum Gasteiger partial charge on any atom is -0.484 e. The molecule has 0 aliphatic carbocycles. The summed E-state index contributed by atoms with van der Waals surface area (Å²) in [4.78, 5) is 0. The van der Waals surface area contributed by atoms with Crippen LogP contribution < -0.4 is 9.47 Å². The molecular formula is C19H19ClO4. The minimum absolute atomic E-state index is 0.203. The van der Waals surface area contributed by atoms with Gasteiger partial charge in [0.25, 0.3) is 0 Å². The predicted molar refractivity (Wildman–Crippen MR) is 92.4 cm³/mol. The molecule has 126 valence electrons. The summed E-state index contributed by atoms with van der Waals surface area (Å²) in [5.41, 5.74) is 0. The molecule has 0 radical (unpaired) electrons. The van der Waals surface area contributed by atoms with E-state index in [1.807, 2.05) is 36.4 Å². The first kappa shape index (κ1) is 16.5. The molecule has 3 rings (SSSR count). The summed E-state index contributed by atoms with van der Waals surface area (Å²) in [5, 5.41) is 0.480. The van der Waals surface area contributed by atoms with Crippen molar-refractivity contribution in [2.24, 2.45) is 0 Å². The molecule has 2 aromatic carbocycles. The van der Waals surface area contributed by atoms with Gasteiger partial charge in [-0.3, -0.25) is 0 Å². The number of ether oxygens (including phenoxy) is 4. The fraction of sp³-hybridized carbons (Fsp3) is 0.263. The van der Waals surface area contributed by atoms with Crippen LogP contribution in [0.4, 0.5) is 0 Å². The van der Waals surface area contributed by atoms with Crippen molar-refractivity contribution in [3.05, 3.63) is 65.6 Å². The lowest BCUT2D eigenvalue weighted by Gasteiger charge is -2.12. The van der Waals surface area contributed by atoms with E-state index in [4.69, 9.17) is 30.5 Å². The Bertz CT molecular complexity index is 700. The maximum absolute atomic E-state index is 6.26. The van der Waals surface area contributed by atoms with Crippen molar-refractivity contribution in [3.63, 3.8) is 0 Å². The Morgan fingerprint density at radius 2 is 1.92 bits per heavy atom. The average molecular weight is 347 g/mol. The number of hydrogen-bond acceptors (Lipinski definition) is 4. The first-order valence-corrected chi connectivity index (χ1v) is 8.29. The second-order valence-corrected chi connectivity index (χ2v) is 5.76. The van der Waals surface area contributed by atoms with Crippen LogP contribution in [0.5, 0.6) is 17.2 Å². The molecule has 0 bridgehead atoms. The zero-order valence-electron chi connectivity index (χ0n) is 13.4. The van der Waals surface area contributed by atoms with Gasteiger partial charge >= 0.3 is 0 Å². The molecule has 0 saturated heterocycles. The Morgan fingerprint density at radius 3 is 2.67 bits per heavy atom. The zero-order chi connectivity index (χ0) is 16.8. The number of para-hydroxylation sites is 1. The van der Waals surface area contributed by atoms with Crippen molar-refractivity contribution >= 4 is 11.6 Å². The van der Waals surface area contributed by atoms with Gasteiger partial charge in [-0.25, -0.2) is 0 Å². The summed E-state index contributed by atoms with van der Waals surface area (Å²) >= 11 is 6.26. The first-order valence-electron chi connectivity index (χ1n) is 7.91. The largest absolute Gasteiger partial charge is 0.484 e. The van der Waals surface area contributed by atoms with Crippen molar-refractivity contribution < 1.29 is 18.9 Å². The molecule has 0 fully saturated rings. The van der Waals surface area contributed by atoms with Gasteiger partial charge in [-0.1, -0.05) is 36.7 Å². The zero-order valence-corrected chi connectivity index (χ0v) is 14.2. The summed E-state index contributed by atoms with van der Waals surface area (Å²) in [6.45, 7) is 2.36. The molecule has 1 unspecified atom stereocenters. The molecule has 0 amide bonds. The Labute approximate surface area is 146 Å². The molecule has 4 nitrogen and oxygen atoms in total. The lowest BCUT2D eigenvalue weighted by atomic mass is 10.3. The molecule has 1 aliphatic rings. The van der Waals surface area contributed by atoms with Gasteiger partial charge < -0.3 is 18.9 Å². The van der Waals surface area contributed by atoms with Crippen LogP contribution in [0.2, 0.25) is 5.02 Å². The van der Waals surface area contributed by atoms with Gasteiger partial charge in [-0.05, 0) is 30.7 Å². The first-order chi connectivity index (χ1) is 11.7. The molecular weight excluding hydrogens is 328 g/mol. The Morgan fingerprint density at radius 1 is 1.08 bits per heavy atom. The van der Waals surface area contributed by atoms with E-state index >= 15 is 0 Å². The van der Waals surface area contributed by atoms with Gasteiger partial charge in [0.2, 0.25) is 6.29 Å². The SMILES string of the molecule is CCCC1OC=C(COc2ccc(Oc3ccccc3)cc2Cl)O1. The van der Waals surface area contributed by atoms with Crippen LogP contribution in [-0.4, -0.2) is 12.9 Å². The second kappa shape index (κ2) is 7.97. The summed E-state index contributed by atoms with van der Waals surface area (Å²) < 4.78 is 22.4. The molecule has 5 heteroatoms. The predicted octanol–water partition coefficient (Wildman–Crippen LogP) is 5.53. The van der Waals surface area contributed by atoms with Crippen LogP contribution in [0, 0.1) is 0 Å². The lowest BCUT2D eigenvalue weighted by Crippen LogP contribution is -2.10. The van der Waals surface area contributed by atoms with E-state index in [1.165, 1.54) is 0 Å². The number of benzene rings is 2. The van der Waals surface area contributed by atoms with Crippen molar-refractivity contribution in [2.75, 3.05) is 6.61 Å². The highest BCUT2D eigenvalue weighted by Gasteiger charge is 2.19. The van der Waals surface area contributed by atoms with E-state index in [-0.39, 0.29) is 12.9 Å². The molecule has 24 heavy (non-hydrogen) atoms. The third-order valence-electron chi connectivity index (χ3n) is 3.41. The van der Waals surface area contributed by atoms with Crippen LogP contribution in [0.15, 0.2) is 60.6 Å². The topological polar surface area (TPSA) is 36.9 Å². The molecule has 1 aliphatic heterocycles. The third-order valence-corrected chi connectivity index (χ3v) is 3.71. The van der Waals surface area contributed by atoms with Gasteiger partial charge in [-0.15, -0.1) is 0 Å². The van der Waals surface area contributed by atoms with E-state index < -0.39 is 0 Å². The summed E-state index contributed by atoms with van der Waals surface area (Å²) in [6.07, 6.45) is 3.25. The van der Waals surface area contributed by atoms with Crippen LogP contribution in [0.1, 0.15) is 19.8 Å². The van der Waals surface area contributed by atoms with E-state index in [9.17, 15) is 0 Å². The normalized spacial score (nSPS) is 16.1. The quantitative estimate of drug-likeness (QED) is 0.661. The second-order valence-electron chi connectivity index (χ2n) is 5.35. The van der Waals surface area contributed by atoms with Gasteiger partial charge in [-0.2, -0.15) is 0 Å². The fourth-order valence-electron chi connectivity index (χ4n) is 2.24. The highest BCUT2D eigenvalue weighted by atomic mass is 35.5. The maximum atomic E-state index is 6.26. The Hall–Kier alpha value is -2.33. The Balaban J connectivity index is 1.55. The Kier molecular flexibility index (Phi) is 5.49. The van der Waals surface area contributed by atoms with Crippen molar-refractivity contribution in [2.45, 2.75) is 26.1 Å². The summed E-state index contributed by atoms with van der Waals surface area (Å²) in [6, 6.07) is 14.9. The molecule has 2 aromatic rings. The molecule has 0 spiro atoms. The molecule has 0 aromatic heterocycles. The number of hydrogen-bond donors (Lipinski definition) is 0. The highest BCUT2D eigenvalue weighted by molar-refractivity contribution is 6.32. The number of rotatable bonds is 7. The molecule has 1 atom stereocenters. The standard InChI is InChI=1S/C19H19ClO4/c1-2-6-19-22-13-16(24-19)12-21-18-10-9-15(11-17(18)20)23-14-7-4-3-5-8-14/h3-5,7-11,13,19H,2,6,12H2,1H3. The lowest BCUT2D eigenvalue weighted by molar-refractivity contribution is -0.0413. The third kappa shape index (κ3) is 4.36. The van der Waals surface area contributed by atoms with Crippen molar-refractivity contribution in [1.29, 1.82) is 0 Å². The van der Waals surface area contributed by atoms with Gasteiger partial charge in [0.15, 0.2) is 5.76 Å². The van der Waals surface area contributed by atoms with Gasteiger partial charge in [0.05, 0.1) is 5.02 Å². The summed E-state index contributed by atoms with van der Waals surface area (Å²) in [7, 11) is 0. The van der Waals surface area contributed by atoms with E-state index in [0.29, 0.717) is 22.3 Å². The van der Waals surface area contributed by atoms with Gasteiger partial charge in [0, 0.05) is 12.5 Å². The number of halogens is 1. The van der Waals surface area contributed by atoms with Crippen molar-refractivity contribution in [1.82, 2.24) is 0 Å². The van der Waals surface area contributed by atoms with E-state index in [0.717, 1.165) is 18.6 Å². The monoisotopic (exact) mass is 346 g/mol. The van der Waals surface area contributed by atoms with Crippen LogP contribution in [0.3, 0.4) is 0 Å². The van der Waals surface area contributed by atoms with Crippen LogP contribution >= 0.6 is 11.6 Å². The molecule has 0 saturated carbocycles. The fourth-order valence-corrected chi connectivity index (χ4v) is 2.47.